The molecule has 0 saturated heterocycles. The minimum atomic E-state index is -0.0390. The Hall–Kier alpha value is -2.10. The summed E-state index contributed by atoms with van der Waals surface area (Å²) >= 11 is 0. The van der Waals surface area contributed by atoms with Crippen LogP contribution in [0.3, 0.4) is 0 Å². The molecule has 3 aromatic rings. The molecule has 2 aromatic heterocycles. The first-order valence-corrected chi connectivity index (χ1v) is 9.27. The summed E-state index contributed by atoms with van der Waals surface area (Å²) in [4.78, 5) is 13.0. The van der Waals surface area contributed by atoms with Crippen LogP contribution in [-0.2, 0) is 18.5 Å². The standard InChI is InChI=1S/C20H28N6O.HI/c1-20(2,3)17-12-23-18(27-17)13-24-19(21-4)22-10-7-11-26-14-25-15-8-5-6-9-16(15)26;/h5-6,8-9,12,14H,7,10-11,13H2,1-4H3,(H2,21,22,24);1H. The van der Waals surface area contributed by atoms with Gasteiger partial charge in [0.25, 0.3) is 0 Å². The van der Waals surface area contributed by atoms with Gasteiger partial charge in [-0.05, 0) is 18.6 Å². The van der Waals surface area contributed by atoms with Gasteiger partial charge in [0.2, 0.25) is 5.89 Å². The molecule has 8 heteroatoms. The van der Waals surface area contributed by atoms with Crippen LogP contribution >= 0.6 is 24.0 Å². The third kappa shape index (κ3) is 5.70. The molecule has 1 aromatic carbocycles. The van der Waals surface area contributed by atoms with E-state index in [1.807, 2.05) is 24.5 Å². The maximum atomic E-state index is 5.79. The van der Waals surface area contributed by atoms with Crippen molar-refractivity contribution >= 4 is 41.0 Å². The highest BCUT2D eigenvalue weighted by molar-refractivity contribution is 14.0. The van der Waals surface area contributed by atoms with Gasteiger partial charge in [-0.15, -0.1) is 24.0 Å². The molecule has 0 amide bonds. The van der Waals surface area contributed by atoms with E-state index >= 15 is 0 Å². The summed E-state index contributed by atoms with van der Waals surface area (Å²) in [5.41, 5.74) is 2.16. The Kier molecular flexibility index (Phi) is 7.85. The highest BCUT2D eigenvalue weighted by Crippen LogP contribution is 2.22. The molecule has 0 aliphatic heterocycles. The number of para-hydroxylation sites is 2. The van der Waals surface area contributed by atoms with Gasteiger partial charge in [-0.25, -0.2) is 9.97 Å². The van der Waals surface area contributed by atoms with E-state index in [-0.39, 0.29) is 29.4 Å². The van der Waals surface area contributed by atoms with E-state index in [9.17, 15) is 0 Å². The molecule has 0 radical (unpaired) electrons. The number of aryl methyl sites for hydroxylation is 1. The summed E-state index contributed by atoms with van der Waals surface area (Å²) in [6, 6.07) is 8.18. The van der Waals surface area contributed by atoms with Gasteiger partial charge in [-0.2, -0.15) is 0 Å². The summed E-state index contributed by atoms with van der Waals surface area (Å²) in [6.45, 7) is 8.53. The number of oxazole rings is 1. The zero-order chi connectivity index (χ0) is 19.3. The molecule has 0 bridgehead atoms. The fourth-order valence-corrected chi connectivity index (χ4v) is 2.76. The average Bonchev–Trinajstić information content (AvgIpc) is 3.28. The molecule has 0 aliphatic rings. The molecular formula is C20H29IN6O. The Labute approximate surface area is 183 Å². The molecule has 3 rings (SSSR count). The van der Waals surface area contributed by atoms with Gasteiger partial charge < -0.3 is 19.6 Å². The van der Waals surface area contributed by atoms with Crippen LogP contribution in [0.2, 0.25) is 0 Å². The molecule has 0 aliphatic carbocycles. The highest BCUT2D eigenvalue weighted by atomic mass is 127. The Morgan fingerprint density at radius 2 is 1.96 bits per heavy atom. The molecule has 2 N–H and O–H groups in total. The molecular weight excluding hydrogens is 467 g/mol. The van der Waals surface area contributed by atoms with E-state index in [4.69, 9.17) is 4.42 Å². The normalized spacial score (nSPS) is 12.1. The molecule has 28 heavy (non-hydrogen) atoms. The summed E-state index contributed by atoms with van der Waals surface area (Å²) in [5, 5.41) is 6.56. The first-order chi connectivity index (χ1) is 13.0. The lowest BCUT2D eigenvalue weighted by Crippen LogP contribution is -2.37. The maximum absolute atomic E-state index is 5.79. The maximum Gasteiger partial charge on any atom is 0.213 e. The molecule has 152 valence electrons. The number of hydrogen-bond donors (Lipinski definition) is 2. The zero-order valence-electron chi connectivity index (χ0n) is 16.9. The molecule has 2 heterocycles. The largest absolute Gasteiger partial charge is 0.443 e. The Balaban J connectivity index is 0.00000280. The van der Waals surface area contributed by atoms with E-state index in [2.05, 4.69) is 57.0 Å². The minimum Gasteiger partial charge on any atom is -0.443 e. The topological polar surface area (TPSA) is 80.3 Å². The second-order valence-corrected chi connectivity index (χ2v) is 7.50. The monoisotopic (exact) mass is 496 g/mol. The zero-order valence-corrected chi connectivity index (χ0v) is 19.2. The van der Waals surface area contributed by atoms with Crippen molar-refractivity contribution in [1.82, 2.24) is 25.2 Å². The van der Waals surface area contributed by atoms with Gasteiger partial charge >= 0.3 is 0 Å². The Morgan fingerprint density at radius 1 is 1.18 bits per heavy atom. The Bertz CT molecular complexity index is 909. The first kappa shape index (κ1) is 22.2. The van der Waals surface area contributed by atoms with E-state index in [0.29, 0.717) is 12.4 Å². The lowest BCUT2D eigenvalue weighted by atomic mass is 9.94. The third-order valence-corrected chi connectivity index (χ3v) is 4.32. The molecule has 0 spiro atoms. The van der Waals surface area contributed by atoms with Crippen LogP contribution in [-0.4, -0.2) is 34.1 Å². The van der Waals surface area contributed by atoms with Crippen LogP contribution in [0, 0.1) is 0 Å². The number of rotatable bonds is 6. The summed E-state index contributed by atoms with van der Waals surface area (Å²) in [6.07, 6.45) is 4.66. The molecule has 0 atom stereocenters. The number of benzene rings is 1. The van der Waals surface area contributed by atoms with Crippen molar-refractivity contribution in [3.05, 3.63) is 48.4 Å². The number of nitrogens with one attached hydrogen (secondary N) is 2. The van der Waals surface area contributed by atoms with Crippen molar-refractivity contribution in [1.29, 1.82) is 0 Å². The second kappa shape index (κ2) is 9.90. The van der Waals surface area contributed by atoms with E-state index < -0.39 is 0 Å². The summed E-state index contributed by atoms with van der Waals surface area (Å²) in [7, 11) is 1.76. The van der Waals surface area contributed by atoms with Gasteiger partial charge in [-0.3, -0.25) is 4.99 Å². The first-order valence-electron chi connectivity index (χ1n) is 9.27. The SMILES string of the molecule is CN=C(NCCCn1cnc2ccccc21)NCc1ncc(C(C)(C)C)o1.I. The fourth-order valence-electron chi connectivity index (χ4n) is 2.76. The van der Waals surface area contributed by atoms with Crippen molar-refractivity contribution in [2.45, 2.75) is 45.7 Å². The van der Waals surface area contributed by atoms with Gasteiger partial charge in [0, 0.05) is 25.6 Å². The summed E-state index contributed by atoms with van der Waals surface area (Å²) in [5.74, 6) is 2.28. The molecule has 0 unspecified atom stereocenters. The minimum absolute atomic E-state index is 0. The third-order valence-electron chi connectivity index (χ3n) is 4.32. The van der Waals surface area contributed by atoms with Crippen LogP contribution in [0.15, 0.2) is 46.2 Å². The number of imidazole rings is 1. The smallest absolute Gasteiger partial charge is 0.213 e. The predicted molar refractivity (Wildman–Crippen MR) is 123 cm³/mol. The van der Waals surface area contributed by atoms with E-state index in [0.717, 1.165) is 36.7 Å². The molecule has 0 fully saturated rings. The predicted octanol–water partition coefficient (Wildman–Crippen LogP) is 3.70. The van der Waals surface area contributed by atoms with Gasteiger partial charge in [0.15, 0.2) is 5.96 Å². The number of nitrogens with zero attached hydrogens (tertiary/aromatic N) is 4. The van der Waals surface area contributed by atoms with E-state index in [1.165, 1.54) is 5.52 Å². The fraction of sp³-hybridized carbons (Fsp3) is 0.450. The van der Waals surface area contributed by atoms with E-state index in [1.54, 1.807) is 13.2 Å². The molecule has 0 saturated carbocycles. The van der Waals surface area contributed by atoms with Crippen LogP contribution < -0.4 is 10.6 Å². The summed E-state index contributed by atoms with van der Waals surface area (Å²) < 4.78 is 7.97. The quantitative estimate of drug-likeness (QED) is 0.236. The second-order valence-electron chi connectivity index (χ2n) is 7.50. The van der Waals surface area contributed by atoms with Crippen molar-refractivity contribution in [2.24, 2.45) is 4.99 Å². The van der Waals surface area contributed by atoms with Crippen molar-refractivity contribution in [3.8, 4) is 0 Å². The number of aromatic nitrogens is 3. The lowest BCUT2D eigenvalue weighted by Gasteiger charge is -2.13. The van der Waals surface area contributed by atoms with Gasteiger partial charge in [0.1, 0.15) is 5.76 Å². The lowest BCUT2D eigenvalue weighted by molar-refractivity contribution is 0.379. The van der Waals surface area contributed by atoms with Crippen molar-refractivity contribution in [3.63, 3.8) is 0 Å². The van der Waals surface area contributed by atoms with Gasteiger partial charge in [-0.1, -0.05) is 32.9 Å². The van der Waals surface area contributed by atoms with Crippen molar-refractivity contribution in [2.75, 3.05) is 13.6 Å². The number of aliphatic imine (C=N–C) groups is 1. The van der Waals surface area contributed by atoms with Crippen LogP contribution in [0.25, 0.3) is 11.0 Å². The van der Waals surface area contributed by atoms with Crippen LogP contribution in [0.4, 0.5) is 0 Å². The highest BCUT2D eigenvalue weighted by Gasteiger charge is 2.19. The van der Waals surface area contributed by atoms with Gasteiger partial charge in [0.05, 0.1) is 30.1 Å². The van der Waals surface area contributed by atoms with Crippen LogP contribution in [0.5, 0.6) is 0 Å². The van der Waals surface area contributed by atoms with Crippen molar-refractivity contribution < 1.29 is 4.42 Å². The number of fused-ring (bicyclic) bond motifs is 1. The number of hydrogen-bond acceptors (Lipinski definition) is 4. The number of halogens is 1. The molecule has 7 nitrogen and oxygen atoms in total. The Morgan fingerprint density at radius 3 is 2.68 bits per heavy atom. The van der Waals surface area contributed by atoms with Crippen LogP contribution in [0.1, 0.15) is 38.8 Å². The average molecular weight is 496 g/mol. The number of guanidine groups is 1.